The molecule has 1 aromatic heterocycles. The summed E-state index contributed by atoms with van der Waals surface area (Å²) in [5, 5.41) is 7.41. The summed E-state index contributed by atoms with van der Waals surface area (Å²) in [6.07, 6.45) is -0.319. The lowest BCUT2D eigenvalue weighted by Gasteiger charge is -2.11. The minimum Gasteiger partial charge on any atom is -0.455 e. The van der Waals surface area contributed by atoms with Crippen LogP contribution in [0.25, 0.3) is 10.9 Å². The zero-order valence-corrected chi connectivity index (χ0v) is 11.0. The summed E-state index contributed by atoms with van der Waals surface area (Å²) in [5.41, 5.74) is 7.27. The number of benzene rings is 1. The lowest BCUT2D eigenvalue weighted by molar-refractivity contribution is 0.00405. The lowest BCUT2D eigenvalue weighted by Crippen LogP contribution is -2.20. The number of nitrogens with zero attached hydrogens (tertiary/aromatic N) is 1. The molecule has 6 heteroatoms. The quantitative estimate of drug-likeness (QED) is 0.633. The van der Waals surface area contributed by atoms with Crippen LogP contribution in [0.4, 0.5) is 5.69 Å². The molecule has 1 atom stereocenters. The fourth-order valence-electron chi connectivity index (χ4n) is 1.74. The molecule has 0 radical (unpaired) electrons. The van der Waals surface area contributed by atoms with Gasteiger partial charge in [0.05, 0.1) is 12.1 Å². The van der Waals surface area contributed by atoms with Crippen LogP contribution in [0.2, 0.25) is 0 Å². The number of hydrogen-bond donors (Lipinski definition) is 2. The molecular formula is C13H17N3O3. The number of nitrogens with one attached hydrogen (secondary N) is 1. The van der Waals surface area contributed by atoms with Crippen LogP contribution in [0.3, 0.4) is 0 Å². The molecule has 0 saturated carbocycles. The van der Waals surface area contributed by atoms with Gasteiger partial charge in [-0.2, -0.15) is 5.10 Å². The van der Waals surface area contributed by atoms with Gasteiger partial charge in [-0.25, -0.2) is 4.79 Å². The number of aromatic nitrogens is 2. The maximum Gasteiger partial charge on any atom is 0.359 e. The first kappa shape index (κ1) is 13.4. The smallest absolute Gasteiger partial charge is 0.359 e. The zero-order valence-electron chi connectivity index (χ0n) is 11.0. The molecule has 0 aliphatic rings. The Kier molecular flexibility index (Phi) is 4.01. The van der Waals surface area contributed by atoms with Crippen molar-refractivity contribution in [3.05, 3.63) is 23.9 Å². The first-order valence-corrected chi connectivity index (χ1v) is 6.14. The number of H-pyrrole nitrogens is 1. The molecule has 1 unspecified atom stereocenters. The normalized spacial score (nSPS) is 12.5. The second-order valence-corrected chi connectivity index (χ2v) is 4.25. The highest BCUT2D eigenvalue weighted by molar-refractivity contribution is 6.02. The van der Waals surface area contributed by atoms with Crippen molar-refractivity contribution in [2.24, 2.45) is 0 Å². The number of nitrogen functional groups attached to an aromatic ring is 1. The van der Waals surface area contributed by atoms with Crippen LogP contribution in [0.5, 0.6) is 0 Å². The number of esters is 1. The Morgan fingerprint density at radius 2 is 2.32 bits per heavy atom. The van der Waals surface area contributed by atoms with Crippen molar-refractivity contribution in [2.45, 2.75) is 20.0 Å². The predicted octanol–water partition coefficient (Wildman–Crippen LogP) is 1.73. The first-order chi connectivity index (χ1) is 9.11. The van der Waals surface area contributed by atoms with E-state index >= 15 is 0 Å². The highest BCUT2D eigenvalue weighted by Crippen LogP contribution is 2.19. The maximum atomic E-state index is 12.0. The molecule has 3 N–H and O–H groups in total. The molecule has 6 nitrogen and oxygen atoms in total. The highest BCUT2D eigenvalue weighted by atomic mass is 16.6. The van der Waals surface area contributed by atoms with Crippen molar-refractivity contribution >= 4 is 22.6 Å². The first-order valence-electron chi connectivity index (χ1n) is 6.14. The molecule has 19 heavy (non-hydrogen) atoms. The van der Waals surface area contributed by atoms with Gasteiger partial charge < -0.3 is 15.2 Å². The van der Waals surface area contributed by atoms with E-state index in [1.165, 1.54) is 0 Å². The number of hydrogen-bond acceptors (Lipinski definition) is 5. The summed E-state index contributed by atoms with van der Waals surface area (Å²) in [6.45, 7) is 4.62. The summed E-state index contributed by atoms with van der Waals surface area (Å²) in [5.74, 6) is -0.482. The number of anilines is 1. The molecule has 102 valence electrons. The SMILES string of the molecule is CCOCC(C)OC(=O)c1n[nH]c2ccc(N)cc12. The van der Waals surface area contributed by atoms with Crippen LogP contribution >= 0.6 is 0 Å². The minimum absolute atomic E-state index is 0.241. The van der Waals surface area contributed by atoms with Crippen LogP contribution in [0, 0.1) is 0 Å². The molecule has 0 fully saturated rings. The molecule has 0 amide bonds. The van der Waals surface area contributed by atoms with Crippen LogP contribution in [-0.4, -0.2) is 35.5 Å². The Bertz CT molecular complexity index is 580. The fraction of sp³-hybridized carbons (Fsp3) is 0.385. The second kappa shape index (κ2) is 5.71. The van der Waals surface area contributed by atoms with E-state index in [9.17, 15) is 4.79 Å². The largest absolute Gasteiger partial charge is 0.455 e. The van der Waals surface area contributed by atoms with E-state index in [1.54, 1.807) is 25.1 Å². The van der Waals surface area contributed by atoms with E-state index in [4.69, 9.17) is 15.2 Å². The van der Waals surface area contributed by atoms with Gasteiger partial charge in [-0.15, -0.1) is 0 Å². The topological polar surface area (TPSA) is 90.2 Å². The number of aromatic amines is 1. The monoisotopic (exact) mass is 263 g/mol. The van der Waals surface area contributed by atoms with Crippen molar-refractivity contribution in [3.63, 3.8) is 0 Å². The minimum atomic E-state index is -0.482. The summed E-state index contributed by atoms with van der Waals surface area (Å²) in [4.78, 5) is 12.0. The number of ether oxygens (including phenoxy) is 2. The van der Waals surface area contributed by atoms with E-state index in [-0.39, 0.29) is 11.8 Å². The van der Waals surface area contributed by atoms with Gasteiger partial charge in [-0.1, -0.05) is 0 Å². The van der Waals surface area contributed by atoms with Gasteiger partial charge in [0, 0.05) is 17.7 Å². The van der Waals surface area contributed by atoms with E-state index in [2.05, 4.69) is 10.2 Å². The predicted molar refractivity (Wildman–Crippen MR) is 71.9 cm³/mol. The molecule has 0 saturated heterocycles. The number of nitrogens with two attached hydrogens (primary N) is 1. The molecule has 2 aromatic rings. The van der Waals surface area contributed by atoms with Crippen LogP contribution in [0.15, 0.2) is 18.2 Å². The van der Waals surface area contributed by atoms with Crippen molar-refractivity contribution in [1.29, 1.82) is 0 Å². The number of fused-ring (bicyclic) bond motifs is 1. The standard InChI is InChI=1S/C13H17N3O3/c1-3-18-7-8(2)19-13(17)12-10-6-9(14)4-5-11(10)15-16-12/h4-6,8H,3,7,14H2,1-2H3,(H,15,16). The Labute approximate surface area is 110 Å². The summed E-state index contributed by atoms with van der Waals surface area (Å²) < 4.78 is 10.5. The Hall–Kier alpha value is -2.08. The van der Waals surface area contributed by atoms with Crippen molar-refractivity contribution in [3.8, 4) is 0 Å². The van der Waals surface area contributed by atoms with E-state index in [1.807, 2.05) is 6.92 Å². The van der Waals surface area contributed by atoms with Gasteiger partial charge in [0.1, 0.15) is 6.10 Å². The molecule has 2 rings (SSSR count). The van der Waals surface area contributed by atoms with Gasteiger partial charge in [-0.05, 0) is 32.0 Å². The molecule has 0 aliphatic heterocycles. The van der Waals surface area contributed by atoms with Gasteiger partial charge in [-0.3, -0.25) is 5.10 Å². The Morgan fingerprint density at radius 3 is 3.05 bits per heavy atom. The molecule has 0 aliphatic carbocycles. The van der Waals surface area contributed by atoms with Gasteiger partial charge in [0.25, 0.3) is 0 Å². The third-order valence-electron chi connectivity index (χ3n) is 2.65. The third-order valence-corrected chi connectivity index (χ3v) is 2.65. The summed E-state index contributed by atoms with van der Waals surface area (Å²) in [7, 11) is 0. The third kappa shape index (κ3) is 3.03. The van der Waals surface area contributed by atoms with Crippen LogP contribution in [-0.2, 0) is 9.47 Å². The summed E-state index contributed by atoms with van der Waals surface area (Å²) >= 11 is 0. The molecule has 0 bridgehead atoms. The van der Waals surface area contributed by atoms with Crippen molar-refractivity contribution in [1.82, 2.24) is 10.2 Å². The number of rotatable bonds is 5. The van der Waals surface area contributed by atoms with Gasteiger partial charge in [0.2, 0.25) is 0 Å². The fourth-order valence-corrected chi connectivity index (χ4v) is 1.74. The molecule has 1 heterocycles. The zero-order chi connectivity index (χ0) is 13.8. The van der Waals surface area contributed by atoms with Crippen molar-refractivity contribution < 1.29 is 14.3 Å². The second-order valence-electron chi connectivity index (χ2n) is 4.25. The highest BCUT2D eigenvalue weighted by Gasteiger charge is 2.18. The average Bonchev–Trinajstić information content (AvgIpc) is 2.79. The number of carbonyl (C=O) groups excluding carboxylic acids is 1. The average molecular weight is 263 g/mol. The summed E-state index contributed by atoms with van der Waals surface area (Å²) in [6, 6.07) is 5.22. The van der Waals surface area contributed by atoms with Gasteiger partial charge >= 0.3 is 5.97 Å². The van der Waals surface area contributed by atoms with E-state index in [0.717, 1.165) is 5.52 Å². The van der Waals surface area contributed by atoms with Gasteiger partial charge in [0.15, 0.2) is 5.69 Å². The lowest BCUT2D eigenvalue weighted by atomic mass is 10.2. The van der Waals surface area contributed by atoms with E-state index < -0.39 is 5.97 Å². The van der Waals surface area contributed by atoms with Crippen molar-refractivity contribution in [2.75, 3.05) is 18.9 Å². The Morgan fingerprint density at radius 1 is 1.53 bits per heavy atom. The molecule has 1 aromatic carbocycles. The molecule has 0 spiro atoms. The van der Waals surface area contributed by atoms with Crippen LogP contribution < -0.4 is 5.73 Å². The Balaban J connectivity index is 2.15. The number of carbonyl (C=O) groups is 1. The van der Waals surface area contributed by atoms with Crippen LogP contribution in [0.1, 0.15) is 24.3 Å². The maximum absolute atomic E-state index is 12.0. The van der Waals surface area contributed by atoms with E-state index in [0.29, 0.717) is 24.3 Å². The molecular weight excluding hydrogens is 246 g/mol.